The van der Waals surface area contributed by atoms with Crippen LogP contribution in [0.5, 0.6) is 0 Å². The molecular formula is C35H35FN2O2. The van der Waals surface area contributed by atoms with Crippen molar-refractivity contribution in [3.8, 4) is 5.69 Å². The molecule has 1 aliphatic heterocycles. The maximum absolute atomic E-state index is 13.6. The van der Waals surface area contributed by atoms with Gasteiger partial charge >= 0.3 is 0 Å². The molecule has 0 bridgehead atoms. The van der Waals surface area contributed by atoms with Crippen LogP contribution in [0.3, 0.4) is 0 Å². The Morgan fingerprint density at radius 3 is 2.25 bits per heavy atom. The maximum atomic E-state index is 13.6. The Labute approximate surface area is 235 Å². The molecule has 0 amide bonds. The molecule has 2 heterocycles. The van der Waals surface area contributed by atoms with E-state index < -0.39 is 17.3 Å². The molecule has 3 aromatic carbocycles. The second-order valence-electron chi connectivity index (χ2n) is 12.3. The van der Waals surface area contributed by atoms with Gasteiger partial charge in [-0.3, -0.25) is 0 Å². The molecule has 1 saturated heterocycles. The van der Waals surface area contributed by atoms with E-state index in [-0.39, 0.29) is 11.2 Å². The third kappa shape index (κ3) is 4.06. The Balaban J connectivity index is 1.28. The zero-order valence-corrected chi connectivity index (χ0v) is 22.9. The van der Waals surface area contributed by atoms with Gasteiger partial charge in [-0.1, -0.05) is 73.2 Å². The predicted octanol–water partition coefficient (Wildman–Crippen LogP) is 7.09. The summed E-state index contributed by atoms with van der Waals surface area (Å²) in [6.07, 6.45) is 9.42. The van der Waals surface area contributed by atoms with Gasteiger partial charge < -0.3 is 9.84 Å². The van der Waals surface area contributed by atoms with Crippen molar-refractivity contribution in [1.29, 1.82) is 0 Å². The zero-order chi connectivity index (χ0) is 27.4. The van der Waals surface area contributed by atoms with E-state index in [1.54, 1.807) is 12.1 Å². The lowest BCUT2D eigenvalue weighted by atomic mass is 9.54. The van der Waals surface area contributed by atoms with Gasteiger partial charge in [0.2, 0.25) is 0 Å². The van der Waals surface area contributed by atoms with Gasteiger partial charge in [-0.2, -0.15) is 5.10 Å². The molecule has 7 rings (SSSR count). The monoisotopic (exact) mass is 534 g/mol. The second kappa shape index (κ2) is 9.53. The normalized spacial score (nSPS) is 26.8. The topological polar surface area (TPSA) is 47.3 Å². The SMILES string of the molecule is C[C@]12Cc3cnn(-c4ccc(F)cc4)c3C=C1CCC[C@@]21CC(Cc2ccccc2)(Cc2ccccc2)C(O)O1. The largest absolute Gasteiger partial charge is 0.367 e. The molecule has 3 aliphatic rings. The van der Waals surface area contributed by atoms with Crippen molar-refractivity contribution < 1.29 is 14.2 Å². The molecule has 0 radical (unpaired) electrons. The summed E-state index contributed by atoms with van der Waals surface area (Å²) in [5.74, 6) is -0.253. The van der Waals surface area contributed by atoms with E-state index in [1.165, 1.54) is 34.4 Å². The number of aromatic nitrogens is 2. The van der Waals surface area contributed by atoms with E-state index in [4.69, 9.17) is 9.84 Å². The molecule has 5 heteroatoms. The van der Waals surface area contributed by atoms with Gasteiger partial charge in [0.1, 0.15) is 5.82 Å². The van der Waals surface area contributed by atoms with Crippen LogP contribution in [-0.2, 0) is 24.0 Å². The highest BCUT2D eigenvalue weighted by atomic mass is 19.1. The van der Waals surface area contributed by atoms with Gasteiger partial charge in [0.05, 0.1) is 23.2 Å². The van der Waals surface area contributed by atoms with Crippen LogP contribution in [0.25, 0.3) is 11.8 Å². The Morgan fingerprint density at radius 1 is 0.950 bits per heavy atom. The minimum atomic E-state index is -0.868. The molecule has 2 aliphatic carbocycles. The number of nitrogens with zero attached hydrogens (tertiary/aromatic N) is 2. The van der Waals surface area contributed by atoms with Crippen molar-refractivity contribution in [3.63, 3.8) is 0 Å². The van der Waals surface area contributed by atoms with Gasteiger partial charge in [0.25, 0.3) is 0 Å². The molecule has 1 unspecified atom stereocenters. The fourth-order valence-corrected chi connectivity index (χ4v) is 7.81. The number of fused-ring (bicyclic) bond motifs is 3. The molecular weight excluding hydrogens is 499 g/mol. The summed E-state index contributed by atoms with van der Waals surface area (Å²) >= 11 is 0. The summed E-state index contributed by atoms with van der Waals surface area (Å²) < 4.78 is 22.4. The van der Waals surface area contributed by atoms with Crippen molar-refractivity contribution in [1.82, 2.24) is 9.78 Å². The van der Waals surface area contributed by atoms with Gasteiger partial charge in [0, 0.05) is 10.8 Å². The molecule has 4 nitrogen and oxygen atoms in total. The molecule has 1 N–H and O–H groups in total. The zero-order valence-electron chi connectivity index (χ0n) is 22.9. The van der Waals surface area contributed by atoms with Crippen LogP contribution in [0.2, 0.25) is 0 Å². The summed E-state index contributed by atoms with van der Waals surface area (Å²) in [6, 6.07) is 27.5. The molecule has 2 fully saturated rings. The Hall–Kier alpha value is -3.54. The van der Waals surface area contributed by atoms with Crippen LogP contribution in [0.1, 0.15) is 55.0 Å². The number of aliphatic hydroxyl groups is 1. The first-order valence-corrected chi connectivity index (χ1v) is 14.4. The van der Waals surface area contributed by atoms with Gasteiger partial charge in [-0.25, -0.2) is 9.07 Å². The Kier molecular flexibility index (Phi) is 6.06. The smallest absolute Gasteiger partial charge is 0.161 e. The average molecular weight is 535 g/mol. The highest BCUT2D eigenvalue weighted by molar-refractivity contribution is 5.62. The second-order valence-corrected chi connectivity index (χ2v) is 12.3. The van der Waals surface area contributed by atoms with Crippen LogP contribution in [0.15, 0.2) is 96.7 Å². The summed E-state index contributed by atoms with van der Waals surface area (Å²) in [5, 5.41) is 16.6. The molecule has 4 aromatic rings. The number of hydrogen-bond acceptors (Lipinski definition) is 3. The van der Waals surface area contributed by atoms with E-state index in [2.05, 4.69) is 61.5 Å². The minimum Gasteiger partial charge on any atom is -0.367 e. The van der Waals surface area contributed by atoms with Crippen molar-refractivity contribution in [2.24, 2.45) is 10.8 Å². The average Bonchev–Trinajstić information content (AvgIpc) is 3.48. The van der Waals surface area contributed by atoms with E-state index >= 15 is 0 Å². The quantitative estimate of drug-likeness (QED) is 0.297. The summed E-state index contributed by atoms with van der Waals surface area (Å²) in [7, 11) is 0. The van der Waals surface area contributed by atoms with Crippen LogP contribution in [0.4, 0.5) is 4.39 Å². The molecule has 1 aromatic heterocycles. The van der Waals surface area contributed by atoms with Gasteiger partial charge in [-0.05, 0) is 92.0 Å². The standard InChI is InChI=1S/C35H35FN2O2/c1-33-22-27-23-37-38(30-16-14-29(36)15-17-30)31(27)19-28(33)13-8-18-35(33)24-34(32(39)40-35,20-25-9-4-2-5-10-25)21-26-11-6-3-7-12-26/h2-7,9-12,14-17,19,23,32,39H,8,13,18,20-22,24H2,1H3/t32?,33-,35+/m0/s1. The third-order valence-corrected chi connectivity index (χ3v) is 9.85. The summed E-state index contributed by atoms with van der Waals surface area (Å²) in [6.45, 7) is 2.34. The van der Waals surface area contributed by atoms with Crippen molar-refractivity contribution in [3.05, 3.63) is 125 Å². The highest BCUT2D eigenvalue weighted by Gasteiger charge is 2.64. The first kappa shape index (κ1) is 25.4. The number of hydrogen-bond donors (Lipinski definition) is 1. The summed E-state index contributed by atoms with van der Waals surface area (Å²) in [5.41, 5.74) is 5.72. The number of aliphatic hydroxyl groups excluding tert-OH is 1. The minimum absolute atomic E-state index is 0.253. The lowest BCUT2D eigenvalue weighted by Crippen LogP contribution is -2.52. The third-order valence-electron chi connectivity index (χ3n) is 9.85. The van der Waals surface area contributed by atoms with Crippen LogP contribution < -0.4 is 0 Å². The van der Waals surface area contributed by atoms with Crippen LogP contribution in [-0.4, -0.2) is 26.8 Å². The first-order valence-electron chi connectivity index (χ1n) is 14.4. The van der Waals surface area contributed by atoms with E-state index in [0.29, 0.717) is 0 Å². The predicted molar refractivity (Wildman–Crippen MR) is 154 cm³/mol. The number of benzene rings is 3. The van der Waals surface area contributed by atoms with Gasteiger partial charge in [-0.15, -0.1) is 0 Å². The van der Waals surface area contributed by atoms with Gasteiger partial charge in [0.15, 0.2) is 6.29 Å². The van der Waals surface area contributed by atoms with E-state index in [1.807, 2.05) is 23.0 Å². The van der Waals surface area contributed by atoms with Crippen molar-refractivity contribution >= 4 is 6.08 Å². The molecule has 1 spiro atoms. The van der Waals surface area contributed by atoms with Crippen molar-refractivity contribution in [2.75, 3.05) is 0 Å². The maximum Gasteiger partial charge on any atom is 0.161 e. The first-order chi connectivity index (χ1) is 19.4. The Morgan fingerprint density at radius 2 is 1.60 bits per heavy atom. The molecule has 3 atom stereocenters. The van der Waals surface area contributed by atoms with Crippen LogP contribution in [0, 0.1) is 16.6 Å². The molecule has 204 valence electrons. The lowest BCUT2D eigenvalue weighted by molar-refractivity contribution is -0.200. The Bertz CT molecular complexity index is 1500. The number of halogens is 1. The number of rotatable bonds is 5. The van der Waals surface area contributed by atoms with Crippen molar-refractivity contribution in [2.45, 2.75) is 63.8 Å². The molecule has 40 heavy (non-hydrogen) atoms. The van der Waals surface area contributed by atoms with E-state index in [9.17, 15) is 9.50 Å². The highest BCUT2D eigenvalue weighted by Crippen LogP contribution is 2.63. The lowest BCUT2D eigenvalue weighted by Gasteiger charge is -2.52. The van der Waals surface area contributed by atoms with E-state index in [0.717, 1.165) is 56.3 Å². The molecule has 1 saturated carbocycles. The van der Waals surface area contributed by atoms with Crippen LogP contribution >= 0.6 is 0 Å². The fourth-order valence-electron chi connectivity index (χ4n) is 7.81. The number of ether oxygens (including phenoxy) is 1. The fraction of sp³-hybridized carbons (Fsp3) is 0.343. The summed E-state index contributed by atoms with van der Waals surface area (Å²) in [4.78, 5) is 0.